The maximum atomic E-state index is 11.6. The summed E-state index contributed by atoms with van der Waals surface area (Å²) in [5.41, 5.74) is 2.57. The van der Waals surface area contributed by atoms with Crippen LogP contribution in [0.4, 0.5) is 0 Å². The average molecular weight is 401 g/mol. The van der Waals surface area contributed by atoms with Gasteiger partial charge in [0.1, 0.15) is 18.1 Å². The number of carbonyl (C=O) groups excluding carboxylic acids is 1. The Morgan fingerprint density at radius 2 is 2.17 bits per heavy atom. The number of ether oxygens (including phenoxy) is 2. The van der Waals surface area contributed by atoms with Crippen molar-refractivity contribution in [2.45, 2.75) is 65.1 Å². The van der Waals surface area contributed by atoms with Gasteiger partial charge in [0.2, 0.25) is 5.91 Å². The highest BCUT2D eigenvalue weighted by atomic mass is 16.5. The average Bonchev–Trinajstić information content (AvgIpc) is 3.14. The molecule has 1 amide bonds. The van der Waals surface area contributed by atoms with Gasteiger partial charge in [-0.2, -0.15) is 0 Å². The quantitative estimate of drug-likeness (QED) is 0.712. The topological polar surface area (TPSA) is 69.5 Å². The number of aromatic nitrogens is 3. The molecule has 3 rings (SSSR count). The van der Waals surface area contributed by atoms with Gasteiger partial charge in [-0.25, -0.2) is 4.68 Å². The highest BCUT2D eigenvalue weighted by Gasteiger charge is 2.26. The van der Waals surface area contributed by atoms with E-state index in [2.05, 4.69) is 10.3 Å². The van der Waals surface area contributed by atoms with Crippen LogP contribution in [0, 0.1) is 6.92 Å². The van der Waals surface area contributed by atoms with Gasteiger partial charge in [0.05, 0.1) is 24.4 Å². The summed E-state index contributed by atoms with van der Waals surface area (Å²) in [7, 11) is 1.79. The summed E-state index contributed by atoms with van der Waals surface area (Å²) in [4.78, 5) is 13.3. The molecule has 1 unspecified atom stereocenters. The zero-order valence-electron chi connectivity index (χ0n) is 18.1. The highest BCUT2D eigenvalue weighted by Crippen LogP contribution is 2.26. The number of likely N-dealkylation sites (N-methyl/N-ethyl adjacent to an activating group) is 1. The molecule has 7 heteroatoms. The summed E-state index contributed by atoms with van der Waals surface area (Å²) in [6.45, 7) is 9.58. The second-order valence-corrected chi connectivity index (χ2v) is 8.47. The SMILES string of the molecule is CC(=O)N(C)C(C)(C)COc1ccc(-c2cn(CC3CCCCO3)nn2)c(C)c1. The van der Waals surface area contributed by atoms with Crippen LogP contribution in [0.1, 0.15) is 45.6 Å². The first-order valence-electron chi connectivity index (χ1n) is 10.3. The van der Waals surface area contributed by atoms with E-state index < -0.39 is 0 Å². The predicted molar refractivity (Wildman–Crippen MR) is 112 cm³/mol. The van der Waals surface area contributed by atoms with Crippen molar-refractivity contribution in [3.05, 3.63) is 30.0 Å². The first kappa shape index (κ1) is 21.3. The molecule has 1 aromatic heterocycles. The molecule has 1 saturated heterocycles. The first-order chi connectivity index (χ1) is 13.8. The van der Waals surface area contributed by atoms with Gasteiger partial charge in [-0.3, -0.25) is 4.79 Å². The second kappa shape index (κ2) is 8.95. The van der Waals surface area contributed by atoms with Crippen molar-refractivity contribution in [2.24, 2.45) is 0 Å². The smallest absolute Gasteiger partial charge is 0.219 e. The molecule has 0 bridgehead atoms. The number of hydrogen-bond acceptors (Lipinski definition) is 5. The third-order valence-electron chi connectivity index (χ3n) is 5.65. The lowest BCUT2D eigenvalue weighted by molar-refractivity contribution is -0.133. The summed E-state index contributed by atoms with van der Waals surface area (Å²) in [5, 5.41) is 8.62. The molecule has 158 valence electrons. The van der Waals surface area contributed by atoms with Crippen LogP contribution in [0.2, 0.25) is 0 Å². The molecule has 1 aromatic carbocycles. The Labute approximate surface area is 173 Å². The summed E-state index contributed by atoms with van der Waals surface area (Å²) in [6.07, 6.45) is 5.65. The lowest BCUT2D eigenvalue weighted by Gasteiger charge is -2.34. The summed E-state index contributed by atoms with van der Waals surface area (Å²) < 4.78 is 13.6. The highest BCUT2D eigenvalue weighted by molar-refractivity contribution is 5.73. The number of carbonyl (C=O) groups is 1. The molecule has 0 saturated carbocycles. The maximum absolute atomic E-state index is 11.6. The first-order valence-corrected chi connectivity index (χ1v) is 10.3. The van der Waals surface area contributed by atoms with Crippen LogP contribution < -0.4 is 4.74 Å². The van der Waals surface area contributed by atoms with E-state index in [4.69, 9.17) is 9.47 Å². The molecule has 29 heavy (non-hydrogen) atoms. The van der Waals surface area contributed by atoms with Gasteiger partial charge in [-0.05, 0) is 63.8 Å². The predicted octanol–water partition coefficient (Wildman–Crippen LogP) is 3.46. The minimum Gasteiger partial charge on any atom is -0.491 e. The van der Waals surface area contributed by atoms with Crippen LogP contribution in [0.25, 0.3) is 11.3 Å². The van der Waals surface area contributed by atoms with Crippen molar-refractivity contribution in [2.75, 3.05) is 20.3 Å². The van der Waals surface area contributed by atoms with Gasteiger partial charge in [-0.1, -0.05) is 5.21 Å². The fourth-order valence-corrected chi connectivity index (χ4v) is 3.47. The Morgan fingerprint density at radius 3 is 2.83 bits per heavy atom. The lowest BCUT2D eigenvalue weighted by Crippen LogP contribution is -2.48. The van der Waals surface area contributed by atoms with E-state index >= 15 is 0 Å². The van der Waals surface area contributed by atoms with Crippen LogP contribution in [0.5, 0.6) is 5.75 Å². The van der Waals surface area contributed by atoms with E-state index in [1.54, 1.807) is 18.9 Å². The standard InChI is InChI=1S/C22H32N4O3/c1-16-12-18(29-15-22(3,4)25(5)17(2)27)9-10-20(16)21-14-26(24-23-21)13-19-8-6-7-11-28-19/h9-10,12,14,19H,6-8,11,13,15H2,1-5H3. The van der Waals surface area contributed by atoms with Crippen LogP contribution in [0.3, 0.4) is 0 Å². The maximum Gasteiger partial charge on any atom is 0.219 e. The molecule has 1 aliphatic rings. The molecule has 7 nitrogen and oxygen atoms in total. The van der Waals surface area contributed by atoms with E-state index in [0.717, 1.165) is 48.6 Å². The van der Waals surface area contributed by atoms with Gasteiger partial charge >= 0.3 is 0 Å². The number of aryl methyl sites for hydroxylation is 1. The Morgan fingerprint density at radius 1 is 1.38 bits per heavy atom. The molecule has 0 radical (unpaired) electrons. The minimum atomic E-state index is -0.387. The largest absolute Gasteiger partial charge is 0.491 e. The zero-order valence-corrected chi connectivity index (χ0v) is 18.1. The Hall–Kier alpha value is -2.41. The van der Waals surface area contributed by atoms with Gasteiger partial charge in [0.15, 0.2) is 0 Å². The van der Waals surface area contributed by atoms with Crippen LogP contribution >= 0.6 is 0 Å². The van der Waals surface area contributed by atoms with E-state index in [-0.39, 0.29) is 17.6 Å². The van der Waals surface area contributed by atoms with E-state index in [1.807, 2.05) is 49.8 Å². The van der Waals surface area contributed by atoms with Gasteiger partial charge in [0, 0.05) is 26.1 Å². The summed E-state index contributed by atoms with van der Waals surface area (Å²) in [5.74, 6) is 0.797. The van der Waals surface area contributed by atoms with Crippen LogP contribution in [-0.2, 0) is 16.1 Å². The van der Waals surface area contributed by atoms with Crippen molar-refractivity contribution in [3.8, 4) is 17.0 Å². The Balaban J connectivity index is 1.64. The number of hydrogen-bond donors (Lipinski definition) is 0. The monoisotopic (exact) mass is 400 g/mol. The summed E-state index contributed by atoms with van der Waals surface area (Å²) in [6, 6.07) is 5.95. The molecular weight excluding hydrogens is 368 g/mol. The van der Waals surface area contributed by atoms with Crippen molar-refractivity contribution in [1.82, 2.24) is 19.9 Å². The number of amides is 1. The van der Waals surface area contributed by atoms with Gasteiger partial charge < -0.3 is 14.4 Å². The van der Waals surface area contributed by atoms with Crippen molar-refractivity contribution >= 4 is 5.91 Å². The van der Waals surface area contributed by atoms with Crippen molar-refractivity contribution < 1.29 is 14.3 Å². The molecule has 1 atom stereocenters. The zero-order chi connectivity index (χ0) is 21.0. The van der Waals surface area contributed by atoms with E-state index in [0.29, 0.717) is 6.61 Å². The number of nitrogens with zero attached hydrogens (tertiary/aromatic N) is 4. The molecule has 2 heterocycles. The third-order valence-corrected chi connectivity index (χ3v) is 5.65. The van der Waals surface area contributed by atoms with Gasteiger partial charge in [-0.15, -0.1) is 5.10 Å². The fraction of sp³-hybridized carbons (Fsp3) is 0.591. The molecule has 0 spiro atoms. The molecule has 0 N–H and O–H groups in total. The van der Waals surface area contributed by atoms with E-state index in [9.17, 15) is 4.79 Å². The Kier molecular flexibility index (Phi) is 6.57. The number of benzene rings is 1. The molecule has 1 aliphatic heterocycles. The molecule has 2 aromatic rings. The minimum absolute atomic E-state index is 0.0202. The molecular formula is C22H32N4O3. The van der Waals surface area contributed by atoms with Crippen molar-refractivity contribution in [1.29, 1.82) is 0 Å². The van der Waals surface area contributed by atoms with E-state index in [1.165, 1.54) is 6.42 Å². The van der Waals surface area contributed by atoms with Crippen molar-refractivity contribution in [3.63, 3.8) is 0 Å². The van der Waals surface area contributed by atoms with Crippen LogP contribution in [0.15, 0.2) is 24.4 Å². The Bertz CT molecular complexity index is 840. The van der Waals surface area contributed by atoms with Gasteiger partial charge in [0.25, 0.3) is 0 Å². The fourth-order valence-electron chi connectivity index (χ4n) is 3.47. The lowest BCUT2D eigenvalue weighted by atomic mass is 10.0. The normalized spacial score (nSPS) is 17.2. The number of rotatable bonds is 7. The van der Waals surface area contributed by atoms with Crippen LogP contribution in [-0.4, -0.2) is 57.7 Å². The molecule has 0 aliphatic carbocycles. The third kappa shape index (κ3) is 5.35. The summed E-state index contributed by atoms with van der Waals surface area (Å²) >= 11 is 0. The second-order valence-electron chi connectivity index (χ2n) is 8.47. The molecule has 1 fully saturated rings.